The molecule has 0 fully saturated rings. The normalized spacial score (nSPS) is 16.6. The van der Waals surface area contributed by atoms with E-state index in [-0.39, 0.29) is 5.97 Å². The molecule has 1 aliphatic heterocycles. The van der Waals surface area contributed by atoms with E-state index in [2.05, 4.69) is 16.5 Å². The number of nitrogens with zero attached hydrogens (tertiary/aromatic N) is 1. The number of thiocarbonyl (C=S) groups is 1. The van der Waals surface area contributed by atoms with Gasteiger partial charge in [0.15, 0.2) is 0 Å². The predicted molar refractivity (Wildman–Crippen MR) is 84.0 cm³/mol. The van der Waals surface area contributed by atoms with Gasteiger partial charge in [-0.25, -0.2) is 9.19 Å². The van der Waals surface area contributed by atoms with Gasteiger partial charge in [-0.15, -0.1) is 0 Å². The minimum absolute atomic E-state index is 0.360. The molecule has 5 heteroatoms. The molecule has 1 heterocycles. The van der Waals surface area contributed by atoms with Crippen LogP contribution in [0.3, 0.4) is 0 Å². The van der Waals surface area contributed by atoms with Crippen LogP contribution in [0.4, 0.5) is 0 Å². The molecule has 0 atom stereocenters. The highest BCUT2D eigenvalue weighted by molar-refractivity contribution is 8.00. The maximum atomic E-state index is 11.6. The molecule has 0 saturated carbocycles. The first kappa shape index (κ1) is 13.3. The Morgan fingerprint density at radius 1 is 1.45 bits per heavy atom. The monoisotopic (exact) mass is 301 g/mol. The lowest BCUT2D eigenvalue weighted by molar-refractivity contribution is 0.0600. The SMILES string of the molecule is COC(=O)c1ccc2c(c1)=NSC=C1C=CCC(=S)C=21. The number of hydrogen-bond donors (Lipinski definition) is 0. The summed E-state index contributed by atoms with van der Waals surface area (Å²) in [6.45, 7) is 0. The summed E-state index contributed by atoms with van der Waals surface area (Å²) in [4.78, 5) is 12.5. The second kappa shape index (κ2) is 5.34. The van der Waals surface area contributed by atoms with Gasteiger partial charge in [-0.2, -0.15) is 0 Å². The molecule has 0 aromatic heterocycles. The van der Waals surface area contributed by atoms with Crippen LogP contribution in [0.15, 0.2) is 45.7 Å². The predicted octanol–water partition coefficient (Wildman–Crippen LogP) is 2.12. The number of ether oxygens (including phenoxy) is 1. The highest BCUT2D eigenvalue weighted by Crippen LogP contribution is 2.25. The summed E-state index contributed by atoms with van der Waals surface area (Å²) >= 11 is 6.83. The lowest BCUT2D eigenvalue weighted by Crippen LogP contribution is -2.30. The van der Waals surface area contributed by atoms with Gasteiger partial charge in [-0.1, -0.05) is 30.4 Å². The highest BCUT2D eigenvalue weighted by Gasteiger charge is 2.16. The van der Waals surface area contributed by atoms with E-state index in [0.717, 1.165) is 33.0 Å². The number of hydrogen-bond acceptors (Lipinski definition) is 5. The number of rotatable bonds is 1. The number of allylic oxidation sites excluding steroid dienone is 3. The van der Waals surface area contributed by atoms with Gasteiger partial charge in [0, 0.05) is 39.4 Å². The fraction of sp³-hybridized carbons (Fsp3) is 0.133. The molecular weight excluding hydrogens is 290 g/mol. The van der Waals surface area contributed by atoms with Gasteiger partial charge in [0.2, 0.25) is 0 Å². The molecule has 0 amide bonds. The van der Waals surface area contributed by atoms with E-state index in [1.165, 1.54) is 19.1 Å². The van der Waals surface area contributed by atoms with E-state index in [9.17, 15) is 4.79 Å². The zero-order chi connectivity index (χ0) is 14.1. The average molecular weight is 301 g/mol. The third-order valence-electron chi connectivity index (χ3n) is 3.19. The Hall–Kier alpha value is -1.72. The highest BCUT2D eigenvalue weighted by atomic mass is 32.2. The maximum absolute atomic E-state index is 11.6. The topological polar surface area (TPSA) is 38.7 Å². The molecule has 20 heavy (non-hydrogen) atoms. The molecule has 2 aliphatic rings. The van der Waals surface area contributed by atoms with Crippen molar-refractivity contribution < 1.29 is 9.53 Å². The fourth-order valence-electron chi connectivity index (χ4n) is 2.25. The molecule has 0 bridgehead atoms. The van der Waals surface area contributed by atoms with Crippen LogP contribution >= 0.6 is 24.2 Å². The quantitative estimate of drug-likeness (QED) is 0.452. The lowest BCUT2D eigenvalue weighted by Gasteiger charge is -2.13. The van der Waals surface area contributed by atoms with Crippen molar-refractivity contribution in [3.8, 4) is 0 Å². The Morgan fingerprint density at radius 3 is 3.10 bits per heavy atom. The van der Waals surface area contributed by atoms with Crippen LogP contribution in [-0.2, 0) is 4.74 Å². The van der Waals surface area contributed by atoms with E-state index < -0.39 is 0 Å². The number of fused-ring (bicyclic) bond motifs is 2. The molecule has 0 spiro atoms. The molecule has 0 N–H and O–H groups in total. The summed E-state index contributed by atoms with van der Waals surface area (Å²) in [6, 6.07) is 5.40. The molecule has 1 aromatic rings. The minimum atomic E-state index is -0.360. The first-order valence-corrected chi connectivity index (χ1v) is 7.32. The molecular formula is C15H11NO2S2. The van der Waals surface area contributed by atoms with Crippen molar-refractivity contribution in [2.45, 2.75) is 6.42 Å². The summed E-state index contributed by atoms with van der Waals surface area (Å²) in [5.74, 6) is -0.360. The molecule has 0 unspecified atom stereocenters. The Labute approximate surface area is 125 Å². The van der Waals surface area contributed by atoms with Crippen molar-refractivity contribution in [1.82, 2.24) is 0 Å². The van der Waals surface area contributed by atoms with Crippen LogP contribution in [0.25, 0.3) is 5.57 Å². The Bertz CT molecular complexity index is 791. The number of methoxy groups -OCH3 is 1. The third-order valence-corrected chi connectivity index (χ3v) is 4.22. The van der Waals surface area contributed by atoms with Crippen molar-refractivity contribution in [3.63, 3.8) is 0 Å². The van der Waals surface area contributed by atoms with Crippen LogP contribution < -0.4 is 10.6 Å². The summed E-state index contributed by atoms with van der Waals surface area (Å²) in [5.41, 5.74) is 2.62. The van der Waals surface area contributed by atoms with E-state index in [1.54, 1.807) is 12.1 Å². The van der Waals surface area contributed by atoms with Crippen LogP contribution in [0, 0.1) is 0 Å². The lowest BCUT2D eigenvalue weighted by atomic mass is 9.93. The molecule has 3 rings (SSSR count). The first-order chi connectivity index (χ1) is 9.70. The van der Waals surface area contributed by atoms with E-state index in [0.29, 0.717) is 5.56 Å². The minimum Gasteiger partial charge on any atom is -0.465 e. The zero-order valence-electron chi connectivity index (χ0n) is 10.8. The van der Waals surface area contributed by atoms with Gasteiger partial charge in [0.1, 0.15) is 0 Å². The van der Waals surface area contributed by atoms with Crippen molar-refractivity contribution >= 4 is 40.6 Å². The largest absolute Gasteiger partial charge is 0.465 e. The Morgan fingerprint density at radius 2 is 2.30 bits per heavy atom. The molecule has 100 valence electrons. The van der Waals surface area contributed by atoms with Crippen molar-refractivity contribution in [2.24, 2.45) is 4.40 Å². The summed E-state index contributed by atoms with van der Waals surface area (Å²) in [5, 5.41) is 3.72. The van der Waals surface area contributed by atoms with E-state index >= 15 is 0 Å². The molecule has 0 radical (unpaired) electrons. The second-order valence-electron chi connectivity index (χ2n) is 4.40. The summed E-state index contributed by atoms with van der Waals surface area (Å²) in [6.07, 6.45) is 4.90. The maximum Gasteiger partial charge on any atom is 0.337 e. The average Bonchev–Trinajstić information content (AvgIpc) is 2.65. The summed E-state index contributed by atoms with van der Waals surface area (Å²) in [7, 11) is 1.37. The van der Waals surface area contributed by atoms with Crippen molar-refractivity contribution in [1.29, 1.82) is 0 Å². The number of carbonyl (C=O) groups is 1. The van der Waals surface area contributed by atoms with Crippen LogP contribution in [-0.4, -0.2) is 17.9 Å². The first-order valence-electron chi connectivity index (χ1n) is 6.07. The molecule has 3 nitrogen and oxygen atoms in total. The second-order valence-corrected chi connectivity index (χ2v) is 5.52. The molecule has 1 aromatic carbocycles. The Balaban J connectivity index is 2.30. The third kappa shape index (κ3) is 2.23. The Kier molecular flexibility index (Phi) is 3.54. The van der Waals surface area contributed by atoms with Crippen LogP contribution in [0.1, 0.15) is 16.8 Å². The van der Waals surface area contributed by atoms with Gasteiger partial charge < -0.3 is 4.74 Å². The number of benzene rings is 1. The van der Waals surface area contributed by atoms with Crippen LogP contribution in [0.5, 0.6) is 0 Å². The summed E-state index contributed by atoms with van der Waals surface area (Å²) < 4.78 is 9.18. The fourth-order valence-corrected chi connectivity index (χ4v) is 3.20. The number of carbonyl (C=O) groups excluding carboxylic acids is 1. The van der Waals surface area contributed by atoms with E-state index in [4.69, 9.17) is 17.0 Å². The molecule has 0 saturated heterocycles. The van der Waals surface area contributed by atoms with Crippen LogP contribution in [0.2, 0.25) is 0 Å². The van der Waals surface area contributed by atoms with Gasteiger partial charge in [-0.3, -0.25) is 0 Å². The standard InChI is InChI=1S/C15H11NO2S2/c1-18-15(17)9-5-6-11-12(7-9)16-20-8-10-3-2-4-13(19)14(10)11/h2-3,5-8H,4H2,1H3. The molecule has 1 aliphatic carbocycles. The van der Waals surface area contributed by atoms with Gasteiger partial charge in [-0.05, 0) is 17.7 Å². The zero-order valence-corrected chi connectivity index (χ0v) is 12.4. The van der Waals surface area contributed by atoms with Gasteiger partial charge >= 0.3 is 5.97 Å². The smallest absolute Gasteiger partial charge is 0.337 e. The number of esters is 1. The van der Waals surface area contributed by atoms with E-state index in [1.807, 2.05) is 11.5 Å². The van der Waals surface area contributed by atoms with Gasteiger partial charge in [0.25, 0.3) is 0 Å². The van der Waals surface area contributed by atoms with Crippen molar-refractivity contribution in [3.05, 3.63) is 57.5 Å². The van der Waals surface area contributed by atoms with Crippen molar-refractivity contribution in [2.75, 3.05) is 7.11 Å². The van der Waals surface area contributed by atoms with Gasteiger partial charge in [0.05, 0.1) is 18.0 Å².